The van der Waals surface area contributed by atoms with Gasteiger partial charge in [-0.1, -0.05) is 36.4 Å². The Morgan fingerprint density at radius 2 is 2.04 bits per heavy atom. The maximum Gasteiger partial charge on any atom is 0.411 e. The highest BCUT2D eigenvalue weighted by Crippen LogP contribution is 2.34. The number of nitrogens with one attached hydrogen (secondary N) is 1. The molecule has 2 rings (SSSR count). The van der Waals surface area contributed by atoms with Crippen molar-refractivity contribution in [3.8, 4) is 0 Å². The van der Waals surface area contributed by atoms with E-state index in [-0.39, 0.29) is 13.0 Å². The molecule has 1 saturated heterocycles. The van der Waals surface area contributed by atoms with E-state index < -0.39 is 29.6 Å². The topological polar surface area (TPSA) is 84.9 Å². The molecule has 2 amide bonds. The van der Waals surface area contributed by atoms with Gasteiger partial charge in [0, 0.05) is 6.54 Å². The van der Waals surface area contributed by atoms with Crippen LogP contribution in [0.4, 0.5) is 4.79 Å². The smallest absolute Gasteiger partial charge is 0.411 e. The molecule has 0 radical (unpaired) electrons. The molecule has 1 aromatic carbocycles. The minimum atomic E-state index is -1.11. The zero-order valence-corrected chi connectivity index (χ0v) is 15.8. The summed E-state index contributed by atoms with van der Waals surface area (Å²) in [6.07, 6.45) is 2.45. The number of ether oxygens (including phenoxy) is 2. The third kappa shape index (κ3) is 4.67. The average molecular weight is 374 g/mol. The molecule has 2 atom stereocenters. The van der Waals surface area contributed by atoms with Crippen LogP contribution < -0.4 is 5.32 Å². The van der Waals surface area contributed by atoms with Crippen LogP contribution in [0.5, 0.6) is 0 Å². The van der Waals surface area contributed by atoms with Crippen molar-refractivity contribution in [2.24, 2.45) is 0 Å². The van der Waals surface area contributed by atoms with Crippen LogP contribution >= 0.6 is 0 Å². The number of esters is 1. The Labute approximate surface area is 159 Å². The van der Waals surface area contributed by atoms with E-state index in [1.165, 1.54) is 12.0 Å². The molecule has 1 N–H and O–H groups in total. The van der Waals surface area contributed by atoms with Crippen molar-refractivity contribution < 1.29 is 23.9 Å². The molecule has 1 fully saturated rings. The van der Waals surface area contributed by atoms with Gasteiger partial charge in [-0.05, 0) is 31.7 Å². The van der Waals surface area contributed by atoms with Crippen LogP contribution in [0.25, 0.3) is 0 Å². The van der Waals surface area contributed by atoms with Crippen LogP contribution in [0.15, 0.2) is 43.0 Å². The van der Waals surface area contributed by atoms with Gasteiger partial charge in [0.05, 0.1) is 7.11 Å². The number of nitrogens with zero attached hydrogens (tertiary/aromatic N) is 1. The van der Waals surface area contributed by atoms with Gasteiger partial charge < -0.3 is 14.8 Å². The van der Waals surface area contributed by atoms with Gasteiger partial charge in [-0.25, -0.2) is 9.59 Å². The van der Waals surface area contributed by atoms with E-state index in [0.29, 0.717) is 19.4 Å². The first kappa shape index (κ1) is 20.5. The van der Waals surface area contributed by atoms with Crippen molar-refractivity contribution >= 4 is 18.0 Å². The summed E-state index contributed by atoms with van der Waals surface area (Å²) in [6.45, 7) is 5.79. The van der Waals surface area contributed by atoms with Gasteiger partial charge >= 0.3 is 12.1 Å². The molecule has 0 spiro atoms. The molecule has 1 unspecified atom stereocenters. The Morgan fingerprint density at radius 1 is 1.33 bits per heavy atom. The van der Waals surface area contributed by atoms with Gasteiger partial charge in [0.2, 0.25) is 5.91 Å². The lowest BCUT2D eigenvalue weighted by atomic mass is 9.90. The minimum Gasteiger partial charge on any atom is -0.467 e. The van der Waals surface area contributed by atoms with Crippen molar-refractivity contribution in [2.45, 2.75) is 44.4 Å². The number of carbonyl (C=O) groups excluding carboxylic acids is 3. The molecule has 0 saturated carbocycles. The van der Waals surface area contributed by atoms with Gasteiger partial charge in [-0.15, -0.1) is 6.58 Å². The molecule has 0 aliphatic carbocycles. The second-order valence-electron chi connectivity index (χ2n) is 6.54. The lowest BCUT2D eigenvalue weighted by Crippen LogP contribution is -2.59. The molecule has 27 heavy (non-hydrogen) atoms. The standard InChI is InChI=1S/C20H26N2O5/c1-4-11-20(18(24)21-15(2)17(23)26-3)12-8-13-22(20)19(25)27-14-16-9-6-5-7-10-16/h4-7,9-10,15H,1,8,11-14H2,2-3H3,(H,21,24)/t15?,20-/m1/s1. The van der Waals surface area contributed by atoms with E-state index >= 15 is 0 Å². The fourth-order valence-electron chi connectivity index (χ4n) is 3.29. The molecular weight excluding hydrogens is 348 g/mol. The quantitative estimate of drug-likeness (QED) is 0.585. The Morgan fingerprint density at radius 3 is 2.67 bits per heavy atom. The first-order valence-electron chi connectivity index (χ1n) is 8.92. The van der Waals surface area contributed by atoms with Gasteiger partial charge in [-0.2, -0.15) is 0 Å². The largest absolute Gasteiger partial charge is 0.467 e. The highest BCUT2D eigenvalue weighted by Gasteiger charge is 2.50. The third-order valence-corrected chi connectivity index (χ3v) is 4.72. The summed E-state index contributed by atoms with van der Waals surface area (Å²) < 4.78 is 10.1. The SMILES string of the molecule is C=CC[C@]1(C(=O)NC(C)C(=O)OC)CCCN1C(=O)OCc1ccccc1. The Bertz CT molecular complexity index is 691. The summed E-state index contributed by atoms with van der Waals surface area (Å²) in [5, 5.41) is 2.65. The predicted molar refractivity (Wildman–Crippen MR) is 99.7 cm³/mol. The van der Waals surface area contributed by atoms with E-state index in [0.717, 1.165) is 5.56 Å². The van der Waals surface area contributed by atoms with E-state index in [1.807, 2.05) is 30.3 Å². The van der Waals surface area contributed by atoms with Gasteiger partial charge in [0.1, 0.15) is 18.2 Å². The second-order valence-corrected chi connectivity index (χ2v) is 6.54. The van der Waals surface area contributed by atoms with Crippen molar-refractivity contribution in [1.29, 1.82) is 0 Å². The van der Waals surface area contributed by atoms with Crippen molar-refractivity contribution in [2.75, 3.05) is 13.7 Å². The molecule has 7 heteroatoms. The van der Waals surface area contributed by atoms with Crippen LogP contribution in [0.3, 0.4) is 0 Å². The molecule has 1 aliphatic rings. The highest BCUT2D eigenvalue weighted by molar-refractivity contribution is 5.93. The van der Waals surface area contributed by atoms with Crippen molar-refractivity contribution in [3.05, 3.63) is 48.6 Å². The van der Waals surface area contributed by atoms with Crippen LogP contribution in [0, 0.1) is 0 Å². The van der Waals surface area contributed by atoms with E-state index in [9.17, 15) is 14.4 Å². The zero-order valence-electron chi connectivity index (χ0n) is 15.8. The van der Waals surface area contributed by atoms with E-state index in [4.69, 9.17) is 4.74 Å². The van der Waals surface area contributed by atoms with Crippen LogP contribution in [0.1, 0.15) is 31.7 Å². The number of hydrogen-bond acceptors (Lipinski definition) is 5. The fraction of sp³-hybridized carbons (Fsp3) is 0.450. The van der Waals surface area contributed by atoms with E-state index in [1.54, 1.807) is 13.0 Å². The number of likely N-dealkylation sites (tertiary alicyclic amines) is 1. The number of rotatable bonds is 7. The lowest BCUT2D eigenvalue weighted by molar-refractivity contribution is -0.146. The summed E-state index contributed by atoms with van der Waals surface area (Å²) in [4.78, 5) is 38.7. The number of hydrogen-bond donors (Lipinski definition) is 1. The van der Waals surface area contributed by atoms with Gasteiger partial charge in [-0.3, -0.25) is 9.69 Å². The highest BCUT2D eigenvalue weighted by atomic mass is 16.6. The number of benzene rings is 1. The first-order valence-corrected chi connectivity index (χ1v) is 8.92. The van der Waals surface area contributed by atoms with Crippen LogP contribution in [-0.4, -0.2) is 48.1 Å². The zero-order chi connectivity index (χ0) is 19.9. The molecule has 1 aromatic rings. The first-order chi connectivity index (χ1) is 12.9. The van der Waals surface area contributed by atoms with Crippen LogP contribution in [0.2, 0.25) is 0 Å². The molecule has 0 aromatic heterocycles. The molecule has 1 heterocycles. The third-order valence-electron chi connectivity index (χ3n) is 4.72. The number of carbonyl (C=O) groups is 3. The normalized spacial score (nSPS) is 19.9. The molecule has 146 valence electrons. The molecule has 0 bridgehead atoms. The van der Waals surface area contributed by atoms with Crippen molar-refractivity contribution in [1.82, 2.24) is 10.2 Å². The summed E-state index contributed by atoms with van der Waals surface area (Å²) in [5.41, 5.74) is -0.249. The average Bonchev–Trinajstić information content (AvgIpc) is 3.11. The van der Waals surface area contributed by atoms with Gasteiger partial charge in [0.15, 0.2) is 0 Å². The Kier molecular flexibility index (Phi) is 6.98. The van der Waals surface area contributed by atoms with Crippen LogP contribution in [-0.2, 0) is 25.7 Å². The number of methoxy groups -OCH3 is 1. The summed E-state index contributed by atoms with van der Waals surface area (Å²) in [6, 6.07) is 8.52. The van der Waals surface area contributed by atoms with Gasteiger partial charge in [0.25, 0.3) is 0 Å². The monoisotopic (exact) mass is 374 g/mol. The molecular formula is C20H26N2O5. The lowest BCUT2D eigenvalue weighted by Gasteiger charge is -2.36. The number of amides is 2. The van der Waals surface area contributed by atoms with Crippen molar-refractivity contribution in [3.63, 3.8) is 0 Å². The minimum absolute atomic E-state index is 0.126. The Hall–Kier alpha value is -2.83. The maximum atomic E-state index is 13.0. The molecule has 1 aliphatic heterocycles. The van der Waals surface area contributed by atoms with E-state index in [2.05, 4.69) is 16.6 Å². The fourth-order valence-corrected chi connectivity index (χ4v) is 3.29. The summed E-state index contributed by atoms with van der Waals surface area (Å²) in [5.74, 6) is -0.956. The summed E-state index contributed by atoms with van der Waals surface area (Å²) in [7, 11) is 1.26. The summed E-state index contributed by atoms with van der Waals surface area (Å²) >= 11 is 0. The second kappa shape index (κ2) is 9.21. The Balaban J connectivity index is 2.13. The maximum absolute atomic E-state index is 13.0. The predicted octanol–water partition coefficient (Wildman–Crippen LogP) is 2.41. The molecule has 7 nitrogen and oxygen atoms in total.